The summed E-state index contributed by atoms with van der Waals surface area (Å²) in [6.07, 6.45) is 0. The van der Waals surface area contributed by atoms with Crippen LogP contribution in [0.5, 0.6) is 0 Å². The minimum Gasteiger partial charge on any atom is -0.340 e. The molecule has 0 saturated carbocycles. The molecule has 0 bridgehead atoms. The monoisotopic (exact) mass is 341 g/mol. The van der Waals surface area contributed by atoms with E-state index < -0.39 is 0 Å². The highest BCUT2D eigenvalue weighted by Crippen LogP contribution is 2.32. The SMILES string of the molecule is Clc1ccc2c(c1)c1cc(Cl)ccc1n2CCBr. The number of benzene rings is 2. The molecular formula is C14H10BrCl2N. The molecule has 0 spiro atoms. The summed E-state index contributed by atoms with van der Waals surface area (Å²) >= 11 is 15.7. The van der Waals surface area contributed by atoms with Gasteiger partial charge in [0.15, 0.2) is 0 Å². The van der Waals surface area contributed by atoms with Crippen molar-refractivity contribution in [3.8, 4) is 0 Å². The molecule has 1 heterocycles. The van der Waals surface area contributed by atoms with Gasteiger partial charge >= 0.3 is 0 Å². The maximum absolute atomic E-state index is 6.09. The maximum Gasteiger partial charge on any atom is 0.0492 e. The lowest BCUT2D eigenvalue weighted by Gasteiger charge is -2.04. The van der Waals surface area contributed by atoms with Crippen molar-refractivity contribution in [2.45, 2.75) is 6.54 Å². The Morgan fingerprint density at radius 2 is 1.39 bits per heavy atom. The molecule has 18 heavy (non-hydrogen) atoms. The molecule has 3 aromatic rings. The van der Waals surface area contributed by atoms with Gasteiger partial charge in [-0.2, -0.15) is 0 Å². The Labute approximate surface area is 123 Å². The summed E-state index contributed by atoms with van der Waals surface area (Å²) < 4.78 is 2.28. The van der Waals surface area contributed by atoms with Gasteiger partial charge in [-0.05, 0) is 36.4 Å². The molecule has 0 aliphatic rings. The van der Waals surface area contributed by atoms with E-state index in [1.807, 2.05) is 24.3 Å². The Balaban J connectivity index is 2.48. The number of alkyl halides is 1. The lowest BCUT2D eigenvalue weighted by Crippen LogP contribution is -1.97. The first-order chi connectivity index (χ1) is 8.70. The van der Waals surface area contributed by atoms with Gasteiger partial charge in [-0.3, -0.25) is 0 Å². The van der Waals surface area contributed by atoms with Gasteiger partial charge in [-0.25, -0.2) is 0 Å². The van der Waals surface area contributed by atoms with Crippen molar-refractivity contribution < 1.29 is 0 Å². The molecule has 0 unspecified atom stereocenters. The van der Waals surface area contributed by atoms with Crippen molar-refractivity contribution in [2.24, 2.45) is 0 Å². The quantitative estimate of drug-likeness (QED) is 0.542. The van der Waals surface area contributed by atoms with Crippen molar-refractivity contribution in [3.05, 3.63) is 46.4 Å². The number of aromatic nitrogens is 1. The van der Waals surface area contributed by atoms with Gasteiger partial charge in [0.05, 0.1) is 0 Å². The van der Waals surface area contributed by atoms with Crippen LogP contribution in [-0.4, -0.2) is 9.90 Å². The number of halogens is 3. The van der Waals surface area contributed by atoms with Gasteiger partial charge in [0, 0.05) is 43.7 Å². The van der Waals surface area contributed by atoms with Crippen LogP contribution in [0, 0.1) is 0 Å². The number of rotatable bonds is 2. The van der Waals surface area contributed by atoms with Crippen molar-refractivity contribution in [2.75, 3.05) is 5.33 Å². The Kier molecular flexibility index (Phi) is 3.27. The molecule has 2 aromatic carbocycles. The molecular weight excluding hydrogens is 333 g/mol. The van der Waals surface area contributed by atoms with Crippen LogP contribution in [0.3, 0.4) is 0 Å². The Morgan fingerprint density at radius 3 is 1.83 bits per heavy atom. The minimum absolute atomic E-state index is 0.750. The fourth-order valence-corrected chi connectivity index (χ4v) is 3.07. The first-order valence-corrected chi connectivity index (χ1v) is 7.51. The van der Waals surface area contributed by atoms with E-state index in [-0.39, 0.29) is 0 Å². The molecule has 1 nitrogen and oxygen atoms in total. The maximum atomic E-state index is 6.09. The third kappa shape index (κ3) is 1.93. The van der Waals surface area contributed by atoms with Crippen molar-refractivity contribution in [1.82, 2.24) is 4.57 Å². The Hall–Kier alpha value is -0.700. The number of aryl methyl sites for hydroxylation is 1. The van der Waals surface area contributed by atoms with E-state index in [4.69, 9.17) is 23.2 Å². The highest BCUT2D eigenvalue weighted by atomic mass is 79.9. The molecule has 1 aromatic heterocycles. The van der Waals surface area contributed by atoms with Gasteiger partial charge in [-0.1, -0.05) is 39.1 Å². The molecule has 92 valence electrons. The molecule has 0 fully saturated rings. The van der Waals surface area contributed by atoms with Gasteiger partial charge < -0.3 is 4.57 Å². The van der Waals surface area contributed by atoms with E-state index >= 15 is 0 Å². The summed E-state index contributed by atoms with van der Waals surface area (Å²) in [7, 11) is 0. The normalized spacial score (nSPS) is 11.5. The second-order valence-electron chi connectivity index (χ2n) is 4.16. The lowest BCUT2D eigenvalue weighted by atomic mass is 10.1. The molecule has 0 atom stereocenters. The highest BCUT2D eigenvalue weighted by Gasteiger charge is 2.10. The zero-order valence-electron chi connectivity index (χ0n) is 9.46. The smallest absolute Gasteiger partial charge is 0.0492 e. The lowest BCUT2D eigenvalue weighted by molar-refractivity contribution is 0.843. The molecule has 0 N–H and O–H groups in total. The summed E-state index contributed by atoms with van der Waals surface area (Å²) in [5.74, 6) is 0. The fourth-order valence-electron chi connectivity index (χ4n) is 2.37. The van der Waals surface area contributed by atoms with E-state index in [1.165, 1.54) is 11.0 Å². The fraction of sp³-hybridized carbons (Fsp3) is 0.143. The summed E-state index contributed by atoms with van der Waals surface area (Å²) in [6.45, 7) is 0.920. The topological polar surface area (TPSA) is 4.93 Å². The average molecular weight is 343 g/mol. The van der Waals surface area contributed by atoms with Crippen LogP contribution in [0.1, 0.15) is 0 Å². The van der Waals surface area contributed by atoms with Crippen LogP contribution in [0.4, 0.5) is 0 Å². The van der Waals surface area contributed by atoms with Crippen LogP contribution in [0.2, 0.25) is 10.0 Å². The minimum atomic E-state index is 0.750. The van der Waals surface area contributed by atoms with Crippen LogP contribution in [0.15, 0.2) is 36.4 Å². The van der Waals surface area contributed by atoms with Gasteiger partial charge in [0.2, 0.25) is 0 Å². The standard InChI is InChI=1S/C14H10BrCl2N/c15-5-6-18-13-3-1-9(16)7-11(13)12-8-10(17)2-4-14(12)18/h1-4,7-8H,5-6H2. The van der Waals surface area contributed by atoms with E-state index in [9.17, 15) is 0 Å². The van der Waals surface area contributed by atoms with Gasteiger partial charge in [0.25, 0.3) is 0 Å². The number of fused-ring (bicyclic) bond motifs is 3. The van der Waals surface area contributed by atoms with E-state index in [1.54, 1.807) is 0 Å². The molecule has 0 saturated heterocycles. The highest BCUT2D eigenvalue weighted by molar-refractivity contribution is 9.09. The van der Waals surface area contributed by atoms with Crippen LogP contribution < -0.4 is 0 Å². The van der Waals surface area contributed by atoms with Gasteiger partial charge in [0.1, 0.15) is 0 Å². The third-order valence-electron chi connectivity index (χ3n) is 3.10. The van der Waals surface area contributed by atoms with Crippen LogP contribution in [-0.2, 0) is 6.54 Å². The number of hydrogen-bond donors (Lipinski definition) is 0. The molecule has 0 amide bonds. The Morgan fingerprint density at radius 1 is 0.889 bits per heavy atom. The first-order valence-electron chi connectivity index (χ1n) is 5.63. The third-order valence-corrected chi connectivity index (χ3v) is 3.92. The Bertz CT molecular complexity index is 674. The molecule has 0 radical (unpaired) electrons. The number of hydrogen-bond acceptors (Lipinski definition) is 0. The predicted molar refractivity (Wildman–Crippen MR) is 83.3 cm³/mol. The zero-order chi connectivity index (χ0) is 12.7. The average Bonchev–Trinajstić information content (AvgIpc) is 2.64. The molecule has 0 aliphatic heterocycles. The predicted octanol–water partition coefficient (Wildman–Crippen LogP) is 5.50. The van der Waals surface area contributed by atoms with Crippen molar-refractivity contribution in [1.29, 1.82) is 0 Å². The largest absolute Gasteiger partial charge is 0.340 e. The summed E-state index contributed by atoms with van der Waals surface area (Å²) in [4.78, 5) is 0. The van der Waals surface area contributed by atoms with E-state index in [0.29, 0.717) is 0 Å². The number of nitrogens with zero attached hydrogens (tertiary/aromatic N) is 1. The second-order valence-corrected chi connectivity index (χ2v) is 5.83. The van der Waals surface area contributed by atoms with E-state index in [2.05, 4.69) is 32.6 Å². The summed E-state index contributed by atoms with van der Waals surface area (Å²) in [6, 6.07) is 12.0. The zero-order valence-corrected chi connectivity index (χ0v) is 12.6. The molecule has 3 rings (SSSR count). The van der Waals surface area contributed by atoms with Crippen LogP contribution >= 0.6 is 39.1 Å². The molecule has 0 aliphatic carbocycles. The summed E-state index contributed by atoms with van der Waals surface area (Å²) in [5, 5.41) is 4.72. The van der Waals surface area contributed by atoms with Crippen molar-refractivity contribution >= 4 is 60.9 Å². The van der Waals surface area contributed by atoms with Crippen LogP contribution in [0.25, 0.3) is 21.8 Å². The van der Waals surface area contributed by atoms with Crippen molar-refractivity contribution in [3.63, 3.8) is 0 Å². The second kappa shape index (κ2) is 4.76. The molecule has 4 heteroatoms. The van der Waals surface area contributed by atoms with Gasteiger partial charge in [-0.15, -0.1) is 0 Å². The first kappa shape index (κ1) is 12.3. The summed E-state index contributed by atoms with van der Waals surface area (Å²) in [5.41, 5.74) is 2.38. The van der Waals surface area contributed by atoms with E-state index in [0.717, 1.165) is 32.7 Å².